The second kappa shape index (κ2) is 6.90. The van der Waals surface area contributed by atoms with Crippen molar-refractivity contribution in [2.45, 2.75) is 55.7 Å². The van der Waals surface area contributed by atoms with Gasteiger partial charge in [0.15, 0.2) is 0 Å². The van der Waals surface area contributed by atoms with Crippen molar-refractivity contribution < 1.29 is 8.42 Å². The fourth-order valence-corrected chi connectivity index (χ4v) is 6.50. The average Bonchev–Trinajstić information content (AvgIpc) is 3.00. The molecule has 1 aliphatic heterocycles. The minimum atomic E-state index is -3.55. The van der Waals surface area contributed by atoms with Crippen LogP contribution in [0, 0.1) is 0 Å². The molecule has 0 aliphatic carbocycles. The van der Waals surface area contributed by atoms with Crippen molar-refractivity contribution in [1.82, 2.24) is 13.1 Å². The molecule has 1 fully saturated rings. The summed E-state index contributed by atoms with van der Waals surface area (Å²) in [5.41, 5.74) is 1.15. The van der Waals surface area contributed by atoms with E-state index in [0.29, 0.717) is 22.5 Å². The Morgan fingerprint density at radius 2 is 2.08 bits per heavy atom. The lowest BCUT2D eigenvalue weighted by molar-refractivity contribution is 0.272. The highest BCUT2D eigenvalue weighted by molar-refractivity contribution is 8.00. The smallest absolute Gasteiger partial charge is 0.207 e. The molecule has 0 saturated carbocycles. The minimum absolute atomic E-state index is 0.0508. The standard InChI is InChI=1S/C16H23N3O2S3/c1-16(2,3)22-11-12-7-4-5-10-19(12)24(20,21)14-9-6-8-13-15(14)18-23-17-13/h6,8-9,12H,4-5,7,10-11H2,1-3H3/t12-/m0/s1. The van der Waals surface area contributed by atoms with Gasteiger partial charge in [-0.1, -0.05) is 33.3 Å². The molecule has 132 valence electrons. The van der Waals surface area contributed by atoms with Crippen LogP contribution < -0.4 is 0 Å². The molecule has 1 aromatic carbocycles. The lowest BCUT2D eigenvalue weighted by Crippen LogP contribution is -2.45. The van der Waals surface area contributed by atoms with Gasteiger partial charge in [-0.15, -0.1) is 0 Å². The summed E-state index contributed by atoms with van der Waals surface area (Å²) in [5.74, 6) is 0.827. The Balaban J connectivity index is 1.93. The van der Waals surface area contributed by atoms with Crippen LogP contribution in [0.15, 0.2) is 23.1 Å². The Morgan fingerprint density at radius 1 is 1.29 bits per heavy atom. The topological polar surface area (TPSA) is 63.2 Å². The first kappa shape index (κ1) is 18.1. The third-order valence-electron chi connectivity index (χ3n) is 4.12. The summed E-state index contributed by atoms with van der Waals surface area (Å²) >= 11 is 2.89. The molecule has 8 heteroatoms. The number of thioether (sulfide) groups is 1. The molecule has 0 amide bonds. The van der Waals surface area contributed by atoms with E-state index in [-0.39, 0.29) is 10.8 Å². The van der Waals surface area contributed by atoms with Crippen molar-refractivity contribution in [3.63, 3.8) is 0 Å². The minimum Gasteiger partial charge on any atom is -0.207 e. The highest BCUT2D eigenvalue weighted by Gasteiger charge is 2.35. The van der Waals surface area contributed by atoms with Crippen LogP contribution in [0.3, 0.4) is 0 Å². The summed E-state index contributed by atoms with van der Waals surface area (Å²) in [7, 11) is -3.55. The first-order valence-electron chi connectivity index (χ1n) is 8.16. The zero-order chi connectivity index (χ0) is 17.4. The van der Waals surface area contributed by atoms with Gasteiger partial charge in [0.05, 0.1) is 11.7 Å². The maximum absolute atomic E-state index is 13.3. The van der Waals surface area contributed by atoms with Gasteiger partial charge in [-0.05, 0) is 25.0 Å². The Labute approximate surface area is 152 Å². The maximum atomic E-state index is 13.3. The second-order valence-electron chi connectivity index (χ2n) is 7.08. The van der Waals surface area contributed by atoms with Crippen molar-refractivity contribution in [2.24, 2.45) is 0 Å². The van der Waals surface area contributed by atoms with Gasteiger partial charge in [-0.25, -0.2) is 8.42 Å². The third kappa shape index (κ3) is 3.76. The number of piperidine rings is 1. The first-order valence-corrected chi connectivity index (χ1v) is 11.3. The van der Waals surface area contributed by atoms with Gasteiger partial charge in [0.2, 0.25) is 10.0 Å². The van der Waals surface area contributed by atoms with E-state index in [1.807, 2.05) is 11.8 Å². The Bertz CT molecular complexity index is 811. The van der Waals surface area contributed by atoms with Crippen molar-refractivity contribution >= 4 is 44.5 Å². The molecule has 0 radical (unpaired) electrons. The van der Waals surface area contributed by atoms with Crippen molar-refractivity contribution in [3.8, 4) is 0 Å². The number of sulfonamides is 1. The van der Waals surface area contributed by atoms with E-state index in [4.69, 9.17) is 0 Å². The second-order valence-corrected chi connectivity index (χ2v) is 11.3. The average molecular weight is 386 g/mol. The first-order chi connectivity index (χ1) is 11.3. The normalized spacial score (nSPS) is 20.5. The van der Waals surface area contributed by atoms with Crippen LogP contribution in [0.2, 0.25) is 0 Å². The number of rotatable bonds is 4. The summed E-state index contributed by atoms with van der Waals surface area (Å²) in [6, 6.07) is 5.26. The van der Waals surface area contributed by atoms with Crippen LogP contribution in [-0.4, -0.2) is 44.6 Å². The molecule has 1 aliphatic rings. The van der Waals surface area contributed by atoms with E-state index in [2.05, 4.69) is 29.5 Å². The SMILES string of the molecule is CC(C)(C)SC[C@@H]1CCCCN1S(=O)(=O)c1cccc2nsnc12. The van der Waals surface area contributed by atoms with Crippen molar-refractivity contribution in [3.05, 3.63) is 18.2 Å². The number of hydrogen-bond donors (Lipinski definition) is 0. The molecule has 2 heterocycles. The molecule has 1 aromatic heterocycles. The molecular weight excluding hydrogens is 362 g/mol. The van der Waals surface area contributed by atoms with Gasteiger partial charge >= 0.3 is 0 Å². The van der Waals surface area contributed by atoms with Crippen LogP contribution in [0.5, 0.6) is 0 Å². The predicted octanol–water partition coefficient (Wildman–Crippen LogP) is 3.77. The predicted molar refractivity (Wildman–Crippen MR) is 101 cm³/mol. The van der Waals surface area contributed by atoms with Crippen LogP contribution in [0.4, 0.5) is 0 Å². The Morgan fingerprint density at radius 3 is 2.83 bits per heavy atom. The van der Waals surface area contributed by atoms with Crippen LogP contribution in [-0.2, 0) is 10.0 Å². The lowest BCUT2D eigenvalue weighted by atomic mass is 10.1. The molecule has 24 heavy (non-hydrogen) atoms. The lowest BCUT2D eigenvalue weighted by Gasteiger charge is -2.35. The van der Waals surface area contributed by atoms with Gasteiger partial charge in [-0.3, -0.25) is 0 Å². The zero-order valence-corrected chi connectivity index (χ0v) is 16.7. The molecule has 1 saturated heterocycles. The number of hydrogen-bond acceptors (Lipinski definition) is 6. The van der Waals surface area contributed by atoms with E-state index >= 15 is 0 Å². The molecule has 0 spiro atoms. The summed E-state index contributed by atoms with van der Waals surface area (Å²) in [4.78, 5) is 0.293. The Kier molecular flexibility index (Phi) is 5.20. The fourth-order valence-electron chi connectivity index (χ4n) is 2.92. The van der Waals surface area contributed by atoms with E-state index in [1.54, 1.807) is 22.5 Å². The molecule has 0 unspecified atom stereocenters. The van der Waals surface area contributed by atoms with Gasteiger partial charge < -0.3 is 0 Å². The summed E-state index contributed by atoms with van der Waals surface area (Å²) in [6.45, 7) is 7.09. The van der Waals surface area contributed by atoms with Crippen LogP contribution >= 0.6 is 23.5 Å². The van der Waals surface area contributed by atoms with Gasteiger partial charge in [0.1, 0.15) is 15.9 Å². The molecule has 1 atom stereocenters. The van der Waals surface area contributed by atoms with E-state index in [0.717, 1.165) is 36.7 Å². The van der Waals surface area contributed by atoms with Crippen molar-refractivity contribution in [2.75, 3.05) is 12.3 Å². The molecule has 3 rings (SSSR count). The number of fused-ring (bicyclic) bond motifs is 1. The van der Waals surface area contributed by atoms with Crippen molar-refractivity contribution in [1.29, 1.82) is 0 Å². The molecule has 0 N–H and O–H groups in total. The molecule has 5 nitrogen and oxygen atoms in total. The molecule has 2 aromatic rings. The van der Waals surface area contributed by atoms with E-state index in [1.165, 1.54) is 0 Å². The number of aromatic nitrogens is 2. The van der Waals surface area contributed by atoms with E-state index in [9.17, 15) is 8.42 Å². The van der Waals surface area contributed by atoms with Gasteiger partial charge in [-0.2, -0.15) is 24.8 Å². The number of nitrogens with zero attached hydrogens (tertiary/aromatic N) is 3. The monoisotopic (exact) mass is 385 g/mol. The summed E-state index contributed by atoms with van der Waals surface area (Å²) in [5, 5.41) is 0. The zero-order valence-electron chi connectivity index (χ0n) is 14.2. The summed E-state index contributed by atoms with van der Waals surface area (Å²) in [6.07, 6.45) is 2.93. The van der Waals surface area contributed by atoms with Crippen LogP contribution in [0.1, 0.15) is 40.0 Å². The van der Waals surface area contributed by atoms with Gasteiger partial charge in [0, 0.05) is 23.1 Å². The third-order valence-corrected chi connectivity index (χ3v) is 8.06. The molecular formula is C16H23N3O2S3. The van der Waals surface area contributed by atoms with Crippen LogP contribution in [0.25, 0.3) is 11.0 Å². The summed E-state index contributed by atoms with van der Waals surface area (Å²) < 4.78 is 36.8. The quantitative estimate of drug-likeness (QED) is 0.802. The highest BCUT2D eigenvalue weighted by Crippen LogP contribution is 2.33. The number of benzene rings is 1. The maximum Gasteiger partial charge on any atom is 0.245 e. The largest absolute Gasteiger partial charge is 0.245 e. The fraction of sp³-hybridized carbons (Fsp3) is 0.625. The molecule has 0 bridgehead atoms. The highest BCUT2D eigenvalue weighted by atomic mass is 32.2. The van der Waals surface area contributed by atoms with Gasteiger partial charge in [0.25, 0.3) is 0 Å². The van der Waals surface area contributed by atoms with E-state index < -0.39 is 10.0 Å². The Hall–Kier alpha value is -0.700.